The van der Waals surface area contributed by atoms with Crippen LogP contribution in [0.3, 0.4) is 0 Å². The summed E-state index contributed by atoms with van der Waals surface area (Å²) in [4.78, 5) is 2.75. The minimum absolute atomic E-state index is 0.424. The van der Waals surface area contributed by atoms with Gasteiger partial charge >= 0.3 is 0 Å². The van der Waals surface area contributed by atoms with Crippen LogP contribution in [0.1, 0.15) is 25.0 Å². The molecule has 0 radical (unpaired) electrons. The van der Waals surface area contributed by atoms with E-state index in [0.29, 0.717) is 4.99 Å². The molecule has 0 aliphatic carbocycles. The van der Waals surface area contributed by atoms with Gasteiger partial charge in [-0.15, -0.1) is 0 Å². The van der Waals surface area contributed by atoms with E-state index in [2.05, 4.69) is 18.7 Å². The molecule has 94 valence electrons. The quantitative estimate of drug-likeness (QED) is 0.788. The Morgan fingerprint density at radius 3 is 2.47 bits per heavy atom. The van der Waals surface area contributed by atoms with Gasteiger partial charge in [-0.1, -0.05) is 26.1 Å². The molecule has 0 aromatic heterocycles. The van der Waals surface area contributed by atoms with Crippen molar-refractivity contribution in [1.82, 2.24) is 4.90 Å². The lowest BCUT2D eigenvalue weighted by atomic mass is 10.1. The predicted molar refractivity (Wildman–Crippen MR) is 75.5 cm³/mol. The summed E-state index contributed by atoms with van der Waals surface area (Å²) in [7, 11) is 1.68. The molecule has 0 fully saturated rings. The number of nitrogens with two attached hydrogens (primary N) is 1. The molecule has 0 bridgehead atoms. The molecule has 0 spiro atoms. The number of thiocarbonyl (C=S) groups is 1. The normalized spacial score (nSPS) is 10.6. The number of hydrogen-bond acceptors (Lipinski definition) is 3. The summed E-state index contributed by atoms with van der Waals surface area (Å²) in [6.07, 6.45) is 0. The van der Waals surface area contributed by atoms with Crippen LogP contribution in [0.15, 0.2) is 18.2 Å². The van der Waals surface area contributed by atoms with Crippen LogP contribution < -0.4 is 10.5 Å². The molecular formula is C13H20N2OS. The standard InChI is InChI=1S/C13H20N2OS/c1-4-15(5-2)9-11-8-10(13(14)17)6-7-12(11)16-3/h6-8H,4-5,9H2,1-3H3,(H2,14,17). The molecule has 2 N–H and O–H groups in total. The first-order valence-electron chi connectivity index (χ1n) is 5.81. The largest absolute Gasteiger partial charge is 0.496 e. The molecule has 0 amide bonds. The van der Waals surface area contributed by atoms with Gasteiger partial charge in [0.15, 0.2) is 0 Å². The van der Waals surface area contributed by atoms with Crippen LogP contribution >= 0.6 is 12.2 Å². The summed E-state index contributed by atoms with van der Waals surface area (Å²) in [5.41, 5.74) is 7.67. The van der Waals surface area contributed by atoms with E-state index in [0.717, 1.165) is 36.5 Å². The van der Waals surface area contributed by atoms with Gasteiger partial charge in [-0.25, -0.2) is 0 Å². The Morgan fingerprint density at radius 2 is 2.00 bits per heavy atom. The second-order valence-corrected chi connectivity index (χ2v) is 4.29. The lowest BCUT2D eigenvalue weighted by Gasteiger charge is -2.20. The Bertz CT molecular complexity index is 389. The van der Waals surface area contributed by atoms with E-state index in [-0.39, 0.29) is 0 Å². The van der Waals surface area contributed by atoms with Crippen molar-refractivity contribution in [2.45, 2.75) is 20.4 Å². The Hall–Kier alpha value is -1.13. The van der Waals surface area contributed by atoms with Crippen LogP contribution in [-0.4, -0.2) is 30.1 Å². The topological polar surface area (TPSA) is 38.5 Å². The zero-order chi connectivity index (χ0) is 12.8. The average molecular weight is 252 g/mol. The molecule has 1 aromatic carbocycles. The Kier molecular flexibility index (Phi) is 5.38. The molecule has 17 heavy (non-hydrogen) atoms. The molecule has 0 aliphatic heterocycles. The van der Waals surface area contributed by atoms with Gasteiger partial charge in [0.05, 0.1) is 7.11 Å². The third-order valence-corrected chi connectivity index (χ3v) is 3.09. The van der Waals surface area contributed by atoms with Gasteiger partial charge in [-0.05, 0) is 31.3 Å². The lowest BCUT2D eigenvalue weighted by Crippen LogP contribution is -2.22. The molecule has 1 rings (SSSR count). The molecule has 0 aliphatic rings. The van der Waals surface area contributed by atoms with Crippen molar-refractivity contribution in [2.24, 2.45) is 5.73 Å². The van der Waals surface area contributed by atoms with E-state index in [1.54, 1.807) is 7.11 Å². The van der Waals surface area contributed by atoms with Gasteiger partial charge in [0.1, 0.15) is 10.7 Å². The number of methoxy groups -OCH3 is 1. The smallest absolute Gasteiger partial charge is 0.123 e. The zero-order valence-corrected chi connectivity index (χ0v) is 11.5. The summed E-state index contributed by atoms with van der Waals surface area (Å²) in [6, 6.07) is 5.83. The molecule has 0 unspecified atom stereocenters. The lowest BCUT2D eigenvalue weighted by molar-refractivity contribution is 0.289. The highest BCUT2D eigenvalue weighted by molar-refractivity contribution is 7.80. The highest BCUT2D eigenvalue weighted by Crippen LogP contribution is 2.21. The first-order chi connectivity index (χ1) is 8.12. The van der Waals surface area contributed by atoms with Crippen molar-refractivity contribution in [3.05, 3.63) is 29.3 Å². The molecule has 0 heterocycles. The van der Waals surface area contributed by atoms with Crippen LogP contribution in [0.4, 0.5) is 0 Å². The van der Waals surface area contributed by atoms with Gasteiger partial charge in [0.2, 0.25) is 0 Å². The minimum atomic E-state index is 0.424. The number of nitrogens with zero attached hydrogens (tertiary/aromatic N) is 1. The third-order valence-electron chi connectivity index (χ3n) is 2.85. The Labute approximate surface area is 109 Å². The fraction of sp³-hybridized carbons (Fsp3) is 0.462. The molecule has 0 atom stereocenters. The number of ether oxygens (including phenoxy) is 1. The minimum Gasteiger partial charge on any atom is -0.496 e. The Balaban J connectivity index is 3.01. The number of rotatable bonds is 6. The molecule has 3 nitrogen and oxygen atoms in total. The van der Waals surface area contributed by atoms with Gasteiger partial charge in [0, 0.05) is 17.7 Å². The second-order valence-electron chi connectivity index (χ2n) is 3.85. The molecule has 0 saturated carbocycles. The van der Waals surface area contributed by atoms with Crippen molar-refractivity contribution < 1.29 is 4.74 Å². The van der Waals surface area contributed by atoms with Crippen LogP contribution in [-0.2, 0) is 6.54 Å². The molecule has 1 aromatic rings. The molecule has 4 heteroatoms. The summed E-state index contributed by atoms with van der Waals surface area (Å²) in [6.45, 7) is 7.17. The van der Waals surface area contributed by atoms with Crippen molar-refractivity contribution in [3.63, 3.8) is 0 Å². The summed E-state index contributed by atoms with van der Waals surface area (Å²) >= 11 is 4.99. The fourth-order valence-electron chi connectivity index (χ4n) is 1.74. The highest BCUT2D eigenvalue weighted by Gasteiger charge is 2.09. The summed E-state index contributed by atoms with van der Waals surface area (Å²) in [5.74, 6) is 0.886. The van der Waals surface area contributed by atoms with Gasteiger partial charge in [-0.2, -0.15) is 0 Å². The van der Waals surface area contributed by atoms with Gasteiger partial charge in [0.25, 0.3) is 0 Å². The SMILES string of the molecule is CCN(CC)Cc1cc(C(N)=S)ccc1OC. The van der Waals surface area contributed by atoms with E-state index < -0.39 is 0 Å². The van der Waals surface area contributed by atoms with Gasteiger partial charge < -0.3 is 10.5 Å². The van der Waals surface area contributed by atoms with Crippen LogP contribution in [0.2, 0.25) is 0 Å². The van der Waals surface area contributed by atoms with Crippen molar-refractivity contribution >= 4 is 17.2 Å². The predicted octanol–water partition coefficient (Wildman–Crippen LogP) is 2.17. The number of hydrogen-bond donors (Lipinski definition) is 1. The van der Waals surface area contributed by atoms with E-state index >= 15 is 0 Å². The summed E-state index contributed by atoms with van der Waals surface area (Å²) in [5, 5.41) is 0. The average Bonchev–Trinajstić information content (AvgIpc) is 2.35. The second kappa shape index (κ2) is 6.57. The fourth-order valence-corrected chi connectivity index (χ4v) is 1.87. The third kappa shape index (κ3) is 3.68. The van der Waals surface area contributed by atoms with E-state index in [1.165, 1.54) is 0 Å². The van der Waals surface area contributed by atoms with Crippen LogP contribution in [0.25, 0.3) is 0 Å². The monoisotopic (exact) mass is 252 g/mol. The van der Waals surface area contributed by atoms with E-state index in [4.69, 9.17) is 22.7 Å². The van der Waals surface area contributed by atoms with Crippen molar-refractivity contribution in [3.8, 4) is 5.75 Å². The maximum atomic E-state index is 5.65. The molecular weight excluding hydrogens is 232 g/mol. The van der Waals surface area contributed by atoms with Crippen molar-refractivity contribution in [2.75, 3.05) is 20.2 Å². The number of benzene rings is 1. The van der Waals surface area contributed by atoms with Crippen LogP contribution in [0, 0.1) is 0 Å². The zero-order valence-electron chi connectivity index (χ0n) is 10.7. The highest BCUT2D eigenvalue weighted by atomic mass is 32.1. The first kappa shape index (κ1) is 13.9. The maximum Gasteiger partial charge on any atom is 0.123 e. The van der Waals surface area contributed by atoms with Crippen LogP contribution in [0.5, 0.6) is 5.75 Å². The first-order valence-corrected chi connectivity index (χ1v) is 6.22. The van der Waals surface area contributed by atoms with E-state index in [9.17, 15) is 0 Å². The van der Waals surface area contributed by atoms with Gasteiger partial charge in [-0.3, -0.25) is 4.90 Å². The van der Waals surface area contributed by atoms with Crippen molar-refractivity contribution in [1.29, 1.82) is 0 Å². The van der Waals surface area contributed by atoms with E-state index in [1.807, 2.05) is 18.2 Å². The maximum absolute atomic E-state index is 5.65. The Morgan fingerprint density at radius 1 is 1.35 bits per heavy atom. The summed E-state index contributed by atoms with van der Waals surface area (Å²) < 4.78 is 5.36. The molecule has 0 saturated heterocycles.